The van der Waals surface area contributed by atoms with Crippen LogP contribution in [0, 0.1) is 23.7 Å². The van der Waals surface area contributed by atoms with Gasteiger partial charge in [-0.05, 0) is 30.1 Å². The Balaban J connectivity index is 3.63. The van der Waals surface area contributed by atoms with Gasteiger partial charge in [-0.3, -0.25) is 0 Å². The van der Waals surface area contributed by atoms with E-state index >= 15 is 0 Å². The number of aliphatic carboxylic acids is 1. The fourth-order valence-electron chi connectivity index (χ4n) is 3.16. The molecule has 3 nitrogen and oxygen atoms in total. The SMILES string of the molecule is CC(C)CCCC(C)CCCC(C)CCCC(C)[C@H](O)C(=O)[O-]. The molecule has 0 aliphatic carbocycles. The Kier molecular flexibility index (Phi) is 12.5. The van der Waals surface area contributed by atoms with E-state index in [0.717, 1.165) is 31.1 Å². The number of carbonyl (C=O) groups is 1. The maximum absolute atomic E-state index is 10.6. The summed E-state index contributed by atoms with van der Waals surface area (Å²) in [6, 6.07) is 0. The van der Waals surface area contributed by atoms with Crippen molar-refractivity contribution in [2.45, 2.75) is 98.5 Å². The second kappa shape index (κ2) is 12.8. The summed E-state index contributed by atoms with van der Waals surface area (Å²) in [5.41, 5.74) is 0. The van der Waals surface area contributed by atoms with Crippen molar-refractivity contribution in [1.82, 2.24) is 0 Å². The molecule has 0 spiro atoms. The molecular weight excluding hydrogens is 288 g/mol. The lowest BCUT2D eigenvalue weighted by molar-refractivity contribution is -0.317. The monoisotopic (exact) mass is 327 g/mol. The average molecular weight is 328 g/mol. The van der Waals surface area contributed by atoms with E-state index in [1.165, 1.54) is 38.5 Å². The van der Waals surface area contributed by atoms with Gasteiger partial charge in [0.15, 0.2) is 0 Å². The number of carboxylic acid groups (broad SMARTS) is 1. The van der Waals surface area contributed by atoms with Crippen molar-refractivity contribution in [3.63, 3.8) is 0 Å². The zero-order valence-electron chi connectivity index (χ0n) is 16.0. The molecule has 0 heterocycles. The highest BCUT2D eigenvalue weighted by molar-refractivity contribution is 5.69. The zero-order chi connectivity index (χ0) is 17.8. The standard InChI is InChI=1S/C20H40O3/c1-15(2)9-6-10-16(3)11-7-12-17(4)13-8-14-18(5)19(21)20(22)23/h15-19,21H,6-14H2,1-5H3,(H,22,23)/p-1/t16?,17?,18?,19-/m0/s1. The van der Waals surface area contributed by atoms with Crippen molar-refractivity contribution >= 4 is 5.97 Å². The molecule has 1 N–H and O–H groups in total. The highest BCUT2D eigenvalue weighted by Crippen LogP contribution is 2.22. The summed E-state index contributed by atoms with van der Waals surface area (Å²) < 4.78 is 0. The first-order valence-electron chi connectivity index (χ1n) is 9.62. The van der Waals surface area contributed by atoms with Gasteiger partial charge < -0.3 is 15.0 Å². The normalized spacial score (nSPS) is 17.0. The van der Waals surface area contributed by atoms with Gasteiger partial charge in [-0.1, -0.05) is 86.0 Å². The Morgan fingerprint density at radius 1 is 0.783 bits per heavy atom. The van der Waals surface area contributed by atoms with Crippen molar-refractivity contribution in [3.05, 3.63) is 0 Å². The summed E-state index contributed by atoms with van der Waals surface area (Å²) in [5.74, 6) is 0.773. The fourth-order valence-corrected chi connectivity index (χ4v) is 3.16. The number of aliphatic hydroxyl groups is 1. The Morgan fingerprint density at radius 3 is 1.57 bits per heavy atom. The largest absolute Gasteiger partial charge is 0.547 e. The summed E-state index contributed by atoms with van der Waals surface area (Å²) in [5, 5.41) is 20.0. The molecule has 4 atom stereocenters. The van der Waals surface area contributed by atoms with E-state index in [1.807, 2.05) is 0 Å². The van der Waals surface area contributed by atoms with Crippen LogP contribution in [0.4, 0.5) is 0 Å². The second-order valence-electron chi connectivity index (χ2n) is 8.14. The van der Waals surface area contributed by atoms with Crippen LogP contribution in [0.3, 0.4) is 0 Å². The quantitative estimate of drug-likeness (QED) is 0.521. The molecule has 0 bridgehead atoms. The minimum absolute atomic E-state index is 0.215. The van der Waals surface area contributed by atoms with Crippen molar-refractivity contribution < 1.29 is 15.0 Å². The minimum atomic E-state index is -1.35. The molecule has 0 saturated carbocycles. The molecule has 0 aromatic carbocycles. The molecule has 3 unspecified atom stereocenters. The Morgan fingerprint density at radius 2 is 1.17 bits per heavy atom. The summed E-state index contributed by atoms with van der Waals surface area (Å²) in [6.45, 7) is 11.0. The third-order valence-corrected chi connectivity index (χ3v) is 5.01. The lowest BCUT2D eigenvalue weighted by atomic mass is 9.90. The summed E-state index contributed by atoms with van der Waals surface area (Å²) >= 11 is 0. The molecular formula is C20H39O3-. The first-order valence-corrected chi connectivity index (χ1v) is 9.62. The van der Waals surface area contributed by atoms with E-state index < -0.39 is 12.1 Å². The molecule has 0 amide bonds. The van der Waals surface area contributed by atoms with Gasteiger partial charge in [-0.2, -0.15) is 0 Å². The predicted octanol–water partition coefficient (Wildman–Crippen LogP) is 4.17. The van der Waals surface area contributed by atoms with E-state index in [9.17, 15) is 15.0 Å². The van der Waals surface area contributed by atoms with Gasteiger partial charge in [0, 0.05) is 0 Å². The topological polar surface area (TPSA) is 60.4 Å². The van der Waals surface area contributed by atoms with Crippen LogP contribution in [0.15, 0.2) is 0 Å². The lowest BCUT2D eigenvalue weighted by Gasteiger charge is -2.20. The Hall–Kier alpha value is -0.570. The predicted molar refractivity (Wildman–Crippen MR) is 94.9 cm³/mol. The van der Waals surface area contributed by atoms with Crippen LogP contribution < -0.4 is 5.11 Å². The van der Waals surface area contributed by atoms with Gasteiger partial charge >= 0.3 is 0 Å². The molecule has 3 heteroatoms. The third-order valence-electron chi connectivity index (χ3n) is 5.01. The van der Waals surface area contributed by atoms with Crippen LogP contribution in [0.2, 0.25) is 0 Å². The molecule has 0 aromatic rings. The summed E-state index contributed by atoms with van der Waals surface area (Å²) in [7, 11) is 0. The van der Waals surface area contributed by atoms with E-state index in [-0.39, 0.29) is 5.92 Å². The summed E-state index contributed by atoms with van der Waals surface area (Å²) in [4.78, 5) is 10.6. The lowest BCUT2D eigenvalue weighted by Crippen LogP contribution is -2.39. The summed E-state index contributed by atoms with van der Waals surface area (Å²) in [6.07, 6.45) is 9.45. The molecule has 23 heavy (non-hydrogen) atoms. The molecule has 0 rings (SSSR count). The van der Waals surface area contributed by atoms with Crippen LogP contribution in [0.5, 0.6) is 0 Å². The second-order valence-corrected chi connectivity index (χ2v) is 8.14. The maximum atomic E-state index is 10.6. The Bertz CT molecular complexity index is 301. The highest BCUT2D eigenvalue weighted by Gasteiger charge is 2.15. The zero-order valence-corrected chi connectivity index (χ0v) is 16.0. The molecule has 138 valence electrons. The van der Waals surface area contributed by atoms with Gasteiger partial charge in [-0.25, -0.2) is 0 Å². The molecule has 0 aromatic heterocycles. The van der Waals surface area contributed by atoms with Crippen molar-refractivity contribution in [3.8, 4) is 0 Å². The Labute approximate surface area is 143 Å². The maximum Gasteiger partial charge on any atom is 0.0959 e. The van der Waals surface area contributed by atoms with Gasteiger partial charge in [0.25, 0.3) is 0 Å². The van der Waals surface area contributed by atoms with E-state index in [2.05, 4.69) is 27.7 Å². The van der Waals surface area contributed by atoms with Crippen molar-refractivity contribution in [2.24, 2.45) is 23.7 Å². The van der Waals surface area contributed by atoms with Crippen molar-refractivity contribution in [1.29, 1.82) is 0 Å². The number of rotatable bonds is 14. The highest BCUT2D eigenvalue weighted by atomic mass is 16.4. The van der Waals surface area contributed by atoms with Crippen LogP contribution in [-0.4, -0.2) is 17.2 Å². The van der Waals surface area contributed by atoms with Crippen molar-refractivity contribution in [2.75, 3.05) is 0 Å². The molecule has 0 aliphatic heterocycles. The molecule has 0 aliphatic rings. The number of hydrogen-bond donors (Lipinski definition) is 1. The smallest absolute Gasteiger partial charge is 0.0959 e. The number of carboxylic acids is 1. The minimum Gasteiger partial charge on any atom is -0.547 e. The number of aliphatic hydroxyl groups excluding tert-OH is 1. The molecule has 0 fully saturated rings. The molecule has 0 radical (unpaired) electrons. The van der Waals surface area contributed by atoms with E-state index in [0.29, 0.717) is 5.92 Å². The third kappa shape index (κ3) is 12.5. The van der Waals surface area contributed by atoms with Crippen LogP contribution >= 0.6 is 0 Å². The fraction of sp³-hybridized carbons (Fsp3) is 0.950. The number of hydrogen-bond acceptors (Lipinski definition) is 3. The van der Waals surface area contributed by atoms with Gasteiger partial charge in [0.05, 0.1) is 12.1 Å². The number of carbonyl (C=O) groups excluding carboxylic acids is 1. The van der Waals surface area contributed by atoms with E-state index in [4.69, 9.17) is 0 Å². The van der Waals surface area contributed by atoms with Gasteiger partial charge in [0.2, 0.25) is 0 Å². The van der Waals surface area contributed by atoms with Gasteiger partial charge in [0.1, 0.15) is 0 Å². The van der Waals surface area contributed by atoms with Crippen LogP contribution in [0.1, 0.15) is 92.4 Å². The van der Waals surface area contributed by atoms with Crippen LogP contribution in [-0.2, 0) is 4.79 Å². The van der Waals surface area contributed by atoms with E-state index in [1.54, 1.807) is 6.92 Å². The average Bonchev–Trinajstić information content (AvgIpc) is 2.45. The molecule has 0 saturated heterocycles. The van der Waals surface area contributed by atoms with Crippen LogP contribution in [0.25, 0.3) is 0 Å². The van der Waals surface area contributed by atoms with Gasteiger partial charge in [-0.15, -0.1) is 0 Å². The first-order chi connectivity index (χ1) is 10.7. The first kappa shape index (κ1) is 22.4.